The van der Waals surface area contributed by atoms with Gasteiger partial charge in [-0.05, 0) is 25.5 Å². The molecular formula is C11H12Cl2O. The number of hydrogen-bond donors (Lipinski definition) is 1. The predicted octanol–water partition coefficient (Wildman–Crippen LogP) is 3.99. The fourth-order valence-electron chi connectivity index (χ4n) is 1.26. The summed E-state index contributed by atoms with van der Waals surface area (Å²) < 4.78 is 0. The van der Waals surface area contributed by atoms with Crippen molar-refractivity contribution in [3.8, 4) is 0 Å². The first kappa shape index (κ1) is 11.6. The van der Waals surface area contributed by atoms with Crippen molar-refractivity contribution in [3.05, 3.63) is 46.0 Å². The van der Waals surface area contributed by atoms with E-state index in [4.69, 9.17) is 23.2 Å². The lowest BCUT2D eigenvalue weighted by Crippen LogP contribution is -1.99. The molecule has 1 rings (SSSR count). The SMILES string of the molecule is C=C(C)CC(O)c1c(Cl)cccc1Cl. The molecule has 76 valence electrons. The normalized spacial score (nSPS) is 12.6. The van der Waals surface area contributed by atoms with E-state index in [0.29, 0.717) is 22.0 Å². The zero-order chi connectivity index (χ0) is 10.7. The lowest BCUT2D eigenvalue weighted by molar-refractivity contribution is 0.178. The van der Waals surface area contributed by atoms with Gasteiger partial charge in [0.25, 0.3) is 0 Å². The largest absolute Gasteiger partial charge is 0.388 e. The first-order valence-corrected chi connectivity index (χ1v) is 5.04. The van der Waals surface area contributed by atoms with Crippen LogP contribution in [0.25, 0.3) is 0 Å². The van der Waals surface area contributed by atoms with Gasteiger partial charge >= 0.3 is 0 Å². The summed E-state index contributed by atoms with van der Waals surface area (Å²) in [4.78, 5) is 0. The fraction of sp³-hybridized carbons (Fsp3) is 0.273. The summed E-state index contributed by atoms with van der Waals surface area (Å²) in [6, 6.07) is 5.18. The Balaban J connectivity index is 2.99. The molecule has 1 nitrogen and oxygen atoms in total. The maximum atomic E-state index is 9.82. The van der Waals surface area contributed by atoms with E-state index < -0.39 is 6.10 Å². The standard InChI is InChI=1S/C11H12Cl2O/c1-7(2)6-10(14)11-8(12)4-3-5-9(11)13/h3-5,10,14H,1,6H2,2H3. The third kappa shape index (κ3) is 2.74. The van der Waals surface area contributed by atoms with Gasteiger partial charge in [0.2, 0.25) is 0 Å². The van der Waals surface area contributed by atoms with E-state index in [1.807, 2.05) is 6.92 Å². The number of hydrogen-bond acceptors (Lipinski definition) is 1. The molecule has 1 N–H and O–H groups in total. The van der Waals surface area contributed by atoms with E-state index in [9.17, 15) is 5.11 Å². The van der Waals surface area contributed by atoms with E-state index in [1.165, 1.54) is 0 Å². The zero-order valence-electron chi connectivity index (χ0n) is 7.93. The van der Waals surface area contributed by atoms with Crippen molar-refractivity contribution in [3.63, 3.8) is 0 Å². The molecule has 0 aliphatic carbocycles. The molecule has 0 saturated carbocycles. The van der Waals surface area contributed by atoms with Crippen molar-refractivity contribution in [2.45, 2.75) is 19.4 Å². The zero-order valence-corrected chi connectivity index (χ0v) is 9.44. The molecule has 0 saturated heterocycles. The van der Waals surface area contributed by atoms with Gasteiger partial charge in [0.05, 0.1) is 6.10 Å². The first-order chi connectivity index (χ1) is 6.52. The summed E-state index contributed by atoms with van der Waals surface area (Å²) in [5.74, 6) is 0. The molecule has 0 aliphatic heterocycles. The molecule has 14 heavy (non-hydrogen) atoms. The van der Waals surface area contributed by atoms with Crippen molar-refractivity contribution in [2.24, 2.45) is 0 Å². The summed E-state index contributed by atoms with van der Waals surface area (Å²) in [7, 11) is 0. The molecule has 0 aliphatic rings. The van der Waals surface area contributed by atoms with Crippen molar-refractivity contribution in [2.75, 3.05) is 0 Å². The maximum Gasteiger partial charge on any atom is 0.0855 e. The lowest BCUT2D eigenvalue weighted by Gasteiger charge is -2.13. The van der Waals surface area contributed by atoms with Gasteiger partial charge in [-0.3, -0.25) is 0 Å². The number of aliphatic hydroxyl groups excluding tert-OH is 1. The second kappa shape index (κ2) is 4.83. The van der Waals surface area contributed by atoms with E-state index in [0.717, 1.165) is 5.57 Å². The highest BCUT2D eigenvalue weighted by Gasteiger charge is 2.14. The summed E-state index contributed by atoms with van der Waals surface area (Å²) >= 11 is 11.9. The van der Waals surface area contributed by atoms with E-state index >= 15 is 0 Å². The second-order valence-electron chi connectivity index (χ2n) is 3.31. The molecule has 0 aromatic heterocycles. The third-order valence-corrected chi connectivity index (χ3v) is 2.53. The quantitative estimate of drug-likeness (QED) is 0.779. The van der Waals surface area contributed by atoms with E-state index in [2.05, 4.69) is 6.58 Å². The molecule has 0 spiro atoms. The number of rotatable bonds is 3. The lowest BCUT2D eigenvalue weighted by atomic mass is 10.0. The Labute approximate surface area is 94.0 Å². The molecule has 3 heteroatoms. The van der Waals surface area contributed by atoms with Crippen LogP contribution >= 0.6 is 23.2 Å². The Hall–Kier alpha value is -0.500. The first-order valence-electron chi connectivity index (χ1n) is 4.28. The van der Waals surface area contributed by atoms with Gasteiger partial charge in [-0.25, -0.2) is 0 Å². The minimum absolute atomic E-state index is 0.476. The van der Waals surface area contributed by atoms with Crippen LogP contribution in [-0.4, -0.2) is 5.11 Å². The van der Waals surface area contributed by atoms with Crippen LogP contribution in [0.2, 0.25) is 10.0 Å². The van der Waals surface area contributed by atoms with Crippen molar-refractivity contribution in [1.29, 1.82) is 0 Å². The van der Waals surface area contributed by atoms with Gasteiger partial charge in [0.15, 0.2) is 0 Å². The van der Waals surface area contributed by atoms with Gasteiger partial charge in [0, 0.05) is 15.6 Å². The van der Waals surface area contributed by atoms with Crippen LogP contribution in [0.15, 0.2) is 30.4 Å². The van der Waals surface area contributed by atoms with Gasteiger partial charge in [-0.1, -0.05) is 34.8 Å². The Kier molecular flexibility index (Phi) is 3.99. The molecule has 1 unspecified atom stereocenters. The molecule has 0 bridgehead atoms. The Morgan fingerprint density at radius 2 is 1.93 bits per heavy atom. The Bertz CT molecular complexity index is 327. The van der Waals surface area contributed by atoms with Gasteiger partial charge in [0.1, 0.15) is 0 Å². The Morgan fingerprint density at radius 3 is 2.36 bits per heavy atom. The summed E-state index contributed by atoms with van der Waals surface area (Å²) in [5, 5.41) is 10.8. The van der Waals surface area contributed by atoms with Gasteiger partial charge in [-0.2, -0.15) is 0 Å². The van der Waals surface area contributed by atoms with Crippen molar-refractivity contribution in [1.82, 2.24) is 0 Å². The third-order valence-electron chi connectivity index (χ3n) is 1.87. The fourth-order valence-corrected chi connectivity index (χ4v) is 1.91. The minimum atomic E-state index is -0.673. The van der Waals surface area contributed by atoms with Crippen molar-refractivity contribution >= 4 is 23.2 Å². The number of halogens is 2. The van der Waals surface area contributed by atoms with Crippen LogP contribution in [-0.2, 0) is 0 Å². The van der Waals surface area contributed by atoms with Gasteiger partial charge in [-0.15, -0.1) is 6.58 Å². The minimum Gasteiger partial charge on any atom is -0.388 e. The Morgan fingerprint density at radius 1 is 1.43 bits per heavy atom. The van der Waals surface area contributed by atoms with Crippen LogP contribution < -0.4 is 0 Å². The molecule has 1 atom stereocenters. The van der Waals surface area contributed by atoms with Crippen LogP contribution in [0.3, 0.4) is 0 Å². The molecule has 0 fully saturated rings. The topological polar surface area (TPSA) is 20.2 Å². The van der Waals surface area contributed by atoms with Crippen LogP contribution in [0.1, 0.15) is 25.0 Å². The van der Waals surface area contributed by atoms with Crippen LogP contribution in [0.4, 0.5) is 0 Å². The van der Waals surface area contributed by atoms with E-state index in [1.54, 1.807) is 18.2 Å². The van der Waals surface area contributed by atoms with E-state index in [-0.39, 0.29) is 0 Å². The molecule has 0 heterocycles. The highest BCUT2D eigenvalue weighted by atomic mass is 35.5. The highest BCUT2D eigenvalue weighted by molar-refractivity contribution is 6.36. The number of aliphatic hydroxyl groups is 1. The van der Waals surface area contributed by atoms with Crippen LogP contribution in [0, 0.1) is 0 Å². The molecule has 0 amide bonds. The maximum absolute atomic E-state index is 9.82. The number of benzene rings is 1. The summed E-state index contributed by atoms with van der Waals surface area (Å²) in [5.41, 5.74) is 1.48. The smallest absolute Gasteiger partial charge is 0.0855 e. The van der Waals surface area contributed by atoms with Gasteiger partial charge < -0.3 is 5.11 Å². The molecule has 1 aromatic carbocycles. The molecule has 1 aromatic rings. The average Bonchev–Trinajstić information content (AvgIpc) is 2.01. The molecular weight excluding hydrogens is 219 g/mol. The second-order valence-corrected chi connectivity index (χ2v) is 4.13. The summed E-state index contributed by atoms with van der Waals surface area (Å²) in [6.07, 6.45) is -0.197. The molecule has 0 radical (unpaired) electrons. The predicted molar refractivity (Wildman–Crippen MR) is 60.9 cm³/mol. The van der Waals surface area contributed by atoms with Crippen molar-refractivity contribution < 1.29 is 5.11 Å². The average molecular weight is 231 g/mol. The van der Waals surface area contributed by atoms with Crippen LogP contribution in [0.5, 0.6) is 0 Å². The highest BCUT2D eigenvalue weighted by Crippen LogP contribution is 2.32. The monoisotopic (exact) mass is 230 g/mol. The summed E-state index contributed by atoms with van der Waals surface area (Å²) in [6.45, 7) is 5.59.